The van der Waals surface area contributed by atoms with Crippen LogP contribution in [0.1, 0.15) is 21.5 Å². The summed E-state index contributed by atoms with van der Waals surface area (Å²) in [5.74, 6) is -10.7. The van der Waals surface area contributed by atoms with Crippen LogP contribution in [0.15, 0.2) is 54.6 Å². The molecule has 11 heteroatoms. The van der Waals surface area contributed by atoms with Crippen molar-refractivity contribution in [1.29, 1.82) is 0 Å². The van der Waals surface area contributed by atoms with Crippen LogP contribution in [0.5, 0.6) is 40.2 Å². The van der Waals surface area contributed by atoms with Crippen LogP contribution in [-0.4, -0.2) is 48.2 Å². The molecule has 2 aliphatic heterocycles. The molecule has 0 saturated heterocycles. The number of ketones is 1. The van der Waals surface area contributed by atoms with Crippen molar-refractivity contribution in [2.24, 2.45) is 0 Å². The summed E-state index contributed by atoms with van der Waals surface area (Å²) in [5.41, 5.74) is -0.298. The van der Waals surface area contributed by atoms with E-state index in [1.54, 1.807) is 0 Å². The fourth-order valence-corrected chi connectivity index (χ4v) is 3.96. The average Bonchev–Trinajstić information content (AvgIpc) is 2.78. The molecule has 0 bridgehead atoms. The van der Waals surface area contributed by atoms with E-state index in [2.05, 4.69) is 0 Å². The van der Waals surface area contributed by atoms with Crippen molar-refractivity contribution in [2.45, 2.75) is 11.6 Å². The van der Waals surface area contributed by atoms with Crippen LogP contribution in [0.25, 0.3) is 6.08 Å². The average molecular weight is 480 g/mol. The minimum atomic E-state index is -2.96. The molecule has 178 valence electrons. The van der Waals surface area contributed by atoms with Crippen molar-refractivity contribution in [2.75, 3.05) is 0 Å². The summed E-state index contributed by atoms with van der Waals surface area (Å²) < 4.78 is 17.6. The predicted molar refractivity (Wildman–Crippen MR) is 115 cm³/mol. The number of phenolic OH excluding ortho intramolecular Hbond substituents is 4. The molecule has 2 aliphatic rings. The monoisotopic (exact) mass is 480 g/mol. The third-order valence-electron chi connectivity index (χ3n) is 5.55. The smallest absolute Gasteiger partial charge is 0.357 e. The van der Waals surface area contributed by atoms with E-state index in [1.807, 2.05) is 0 Å². The Morgan fingerprint density at radius 3 is 2.26 bits per heavy atom. The number of aliphatic carboxylic acids is 1. The normalized spacial score (nSPS) is 22.3. The first-order chi connectivity index (χ1) is 16.5. The molecule has 11 nitrogen and oxygen atoms in total. The molecule has 3 aromatic rings. The van der Waals surface area contributed by atoms with Crippen LogP contribution >= 0.6 is 0 Å². The second-order valence-electron chi connectivity index (χ2n) is 7.82. The van der Waals surface area contributed by atoms with E-state index in [0.29, 0.717) is 5.56 Å². The lowest BCUT2D eigenvalue weighted by Crippen LogP contribution is -2.70. The largest absolute Gasteiger partial charge is 0.508 e. The molecule has 0 aromatic heterocycles. The number of carbonyl (C=O) groups is 2. The van der Waals surface area contributed by atoms with Crippen LogP contribution in [0.3, 0.4) is 0 Å². The molecule has 2 atom stereocenters. The maximum absolute atomic E-state index is 13.5. The Morgan fingerprint density at radius 2 is 1.54 bits per heavy atom. The van der Waals surface area contributed by atoms with E-state index < -0.39 is 51.9 Å². The number of fused-ring (bicyclic) bond motifs is 3. The van der Waals surface area contributed by atoms with Gasteiger partial charge in [0, 0.05) is 23.8 Å². The van der Waals surface area contributed by atoms with Crippen LogP contribution in [0.4, 0.5) is 0 Å². The molecule has 0 aliphatic carbocycles. The lowest BCUT2D eigenvalue weighted by Gasteiger charge is -2.50. The number of ether oxygens (including phenoxy) is 3. The molecule has 0 fully saturated rings. The van der Waals surface area contributed by atoms with Gasteiger partial charge < -0.3 is 44.8 Å². The highest BCUT2D eigenvalue weighted by Gasteiger charge is 2.70. The van der Waals surface area contributed by atoms with Crippen LogP contribution < -0.4 is 14.2 Å². The van der Waals surface area contributed by atoms with Gasteiger partial charge in [-0.2, -0.15) is 0 Å². The van der Waals surface area contributed by atoms with E-state index in [0.717, 1.165) is 30.3 Å². The number of hydrogen-bond donors (Lipinski definition) is 6. The first-order valence-corrected chi connectivity index (χ1v) is 10.0. The Hall–Kier alpha value is -4.90. The van der Waals surface area contributed by atoms with Gasteiger partial charge in [-0.15, -0.1) is 0 Å². The van der Waals surface area contributed by atoms with Gasteiger partial charge in [0.25, 0.3) is 5.78 Å². The number of carboxylic acids is 1. The Morgan fingerprint density at radius 1 is 0.800 bits per heavy atom. The number of phenols is 4. The molecule has 2 heterocycles. The number of Topliss-reactive ketones (excluding diaryl/α,β-unsaturated/α-hetero) is 1. The Kier molecular flexibility index (Phi) is 4.57. The summed E-state index contributed by atoms with van der Waals surface area (Å²) >= 11 is 0. The second kappa shape index (κ2) is 7.30. The van der Waals surface area contributed by atoms with Crippen LogP contribution in [0, 0.1) is 0 Å². The highest BCUT2D eigenvalue weighted by Crippen LogP contribution is 2.55. The lowest BCUT2D eigenvalue weighted by molar-refractivity contribution is -0.316. The summed E-state index contributed by atoms with van der Waals surface area (Å²) in [4.78, 5) is 24.4. The molecule has 3 aromatic carbocycles. The lowest BCUT2D eigenvalue weighted by atomic mass is 9.85. The molecule has 2 unspecified atom stereocenters. The van der Waals surface area contributed by atoms with Gasteiger partial charge in [-0.3, -0.25) is 4.79 Å². The van der Waals surface area contributed by atoms with Gasteiger partial charge in [-0.1, -0.05) is 6.07 Å². The summed E-state index contributed by atoms with van der Waals surface area (Å²) in [6.07, 6.45) is 2.15. The molecule has 35 heavy (non-hydrogen) atoms. The molecule has 0 spiro atoms. The van der Waals surface area contributed by atoms with Crippen molar-refractivity contribution in [3.05, 3.63) is 71.3 Å². The van der Waals surface area contributed by atoms with Crippen molar-refractivity contribution in [1.82, 2.24) is 0 Å². The molecule has 6 N–H and O–H groups in total. The van der Waals surface area contributed by atoms with Crippen molar-refractivity contribution >= 4 is 17.8 Å². The van der Waals surface area contributed by atoms with Crippen molar-refractivity contribution in [3.63, 3.8) is 0 Å². The topological polar surface area (TPSA) is 183 Å². The number of carboxylic acid groups (broad SMARTS) is 1. The molecule has 0 amide bonds. The zero-order valence-electron chi connectivity index (χ0n) is 17.5. The zero-order valence-corrected chi connectivity index (χ0v) is 17.5. The Labute approximate surface area is 195 Å². The highest BCUT2D eigenvalue weighted by atomic mass is 16.8. The fourth-order valence-electron chi connectivity index (χ4n) is 3.96. The fraction of sp³-hybridized carbons (Fsp3) is 0.0833. The van der Waals surface area contributed by atoms with Crippen LogP contribution in [-0.2, 0) is 10.6 Å². The molecular formula is C24H16O11. The van der Waals surface area contributed by atoms with Gasteiger partial charge in [0.05, 0.1) is 0 Å². The first-order valence-electron chi connectivity index (χ1n) is 10.0. The maximum atomic E-state index is 13.5. The number of aliphatic hydroxyl groups is 1. The number of benzene rings is 3. The van der Waals surface area contributed by atoms with Gasteiger partial charge in [0.2, 0.25) is 0 Å². The summed E-state index contributed by atoms with van der Waals surface area (Å²) in [5, 5.41) is 60.6. The van der Waals surface area contributed by atoms with Gasteiger partial charge in [-0.25, -0.2) is 4.79 Å². The standard InChI is InChI=1S/C24H16O11/c25-13-9-16(28)21-19(10-13)35-24(12-3-4-14(26)15(27)8-12)23(32,22(21)31)33-17-5-1-11(2-6-20(29)30)7-18(17)34-24/h1-10,25-28,32H,(H,29,30)/b6-2+. The summed E-state index contributed by atoms with van der Waals surface area (Å²) in [6.45, 7) is 0. The number of carbonyl (C=O) groups excluding carboxylic acids is 1. The van der Waals surface area contributed by atoms with Crippen molar-refractivity contribution < 1.29 is 54.4 Å². The Balaban J connectivity index is 1.76. The quantitative estimate of drug-likeness (QED) is 0.239. The molecule has 0 radical (unpaired) electrons. The van der Waals surface area contributed by atoms with E-state index in [1.165, 1.54) is 30.3 Å². The van der Waals surface area contributed by atoms with Gasteiger partial charge in [0.1, 0.15) is 22.8 Å². The minimum absolute atomic E-state index is 0.0737. The van der Waals surface area contributed by atoms with Crippen LogP contribution in [0.2, 0.25) is 0 Å². The van der Waals surface area contributed by atoms with Gasteiger partial charge >= 0.3 is 17.5 Å². The van der Waals surface area contributed by atoms with Crippen molar-refractivity contribution in [3.8, 4) is 40.2 Å². The maximum Gasteiger partial charge on any atom is 0.357 e. The minimum Gasteiger partial charge on any atom is -0.508 e. The summed E-state index contributed by atoms with van der Waals surface area (Å²) in [7, 11) is 0. The predicted octanol–water partition coefficient (Wildman–Crippen LogP) is 2.19. The molecule has 0 saturated carbocycles. The molecule has 5 rings (SSSR count). The third-order valence-corrected chi connectivity index (χ3v) is 5.55. The van der Waals surface area contributed by atoms with E-state index in [9.17, 15) is 35.1 Å². The molecular weight excluding hydrogens is 464 g/mol. The highest BCUT2D eigenvalue weighted by molar-refractivity contribution is 6.08. The third kappa shape index (κ3) is 3.17. The number of aromatic hydroxyl groups is 4. The van der Waals surface area contributed by atoms with Gasteiger partial charge in [0.15, 0.2) is 23.0 Å². The number of rotatable bonds is 3. The second-order valence-corrected chi connectivity index (χ2v) is 7.82. The SMILES string of the molecule is O=C(O)/C=C/c1ccc2c(c1)OC1(c3ccc(O)c(O)c3)Oc3cc(O)cc(O)c3C(=O)C1(O)O2. The first kappa shape index (κ1) is 21.9. The number of hydrogen-bond acceptors (Lipinski definition) is 10. The van der Waals surface area contributed by atoms with Gasteiger partial charge in [-0.05, 0) is 42.0 Å². The Bertz CT molecular complexity index is 1440. The van der Waals surface area contributed by atoms with E-state index in [4.69, 9.17) is 19.3 Å². The summed E-state index contributed by atoms with van der Waals surface area (Å²) in [6, 6.07) is 9.26. The van der Waals surface area contributed by atoms with E-state index >= 15 is 0 Å². The zero-order chi connectivity index (χ0) is 25.1. The van der Waals surface area contributed by atoms with E-state index in [-0.39, 0.29) is 22.8 Å².